The number of furan rings is 1. The number of benzene rings is 10. The van der Waals surface area contributed by atoms with E-state index in [1.165, 1.54) is 76.2 Å². The molecule has 0 amide bonds. The molecule has 2 aromatic heterocycles. The Balaban J connectivity index is 1.01. The number of fused-ring (bicyclic) bond motifs is 18. The lowest BCUT2D eigenvalue weighted by atomic mass is 9.70. The second-order valence-corrected chi connectivity index (χ2v) is 19.4. The number of anilines is 6. The van der Waals surface area contributed by atoms with Crippen molar-refractivity contribution in [1.29, 1.82) is 0 Å². The van der Waals surface area contributed by atoms with Gasteiger partial charge in [-0.05, 0) is 152 Å². The van der Waals surface area contributed by atoms with Gasteiger partial charge in [0.15, 0.2) is 0 Å². The van der Waals surface area contributed by atoms with Gasteiger partial charge in [-0.3, -0.25) is 0 Å². The number of rotatable bonds is 6. The monoisotopic (exact) mass is 884 g/mol. The lowest BCUT2D eigenvalue weighted by Crippen LogP contribution is -2.26. The number of para-hydroxylation sites is 3. The Morgan fingerprint density at radius 1 is 0.382 bits per heavy atom. The molecule has 3 nitrogen and oxygen atoms in total. The highest BCUT2D eigenvalue weighted by atomic mass is 32.1. The molecule has 0 radical (unpaired) electrons. The number of thiophene rings is 1. The molecule has 318 valence electrons. The van der Waals surface area contributed by atoms with E-state index in [4.69, 9.17) is 4.42 Å². The molecule has 0 aliphatic heterocycles. The lowest BCUT2D eigenvalue weighted by Gasteiger charge is -2.33. The molecule has 10 aromatic carbocycles. The maximum absolute atomic E-state index is 6.38. The summed E-state index contributed by atoms with van der Waals surface area (Å²) in [5.74, 6) is 0. The maximum Gasteiger partial charge on any atom is 0.135 e. The van der Waals surface area contributed by atoms with Crippen molar-refractivity contribution >= 4 is 77.5 Å². The molecule has 1 unspecified atom stereocenters. The highest BCUT2D eigenvalue weighted by Crippen LogP contribution is 2.68. The summed E-state index contributed by atoms with van der Waals surface area (Å²) in [6, 6.07) is 85.3. The van der Waals surface area contributed by atoms with Crippen molar-refractivity contribution in [2.45, 2.75) is 11.8 Å². The van der Waals surface area contributed by atoms with Gasteiger partial charge in [0.05, 0.1) is 11.1 Å². The van der Waals surface area contributed by atoms with Gasteiger partial charge in [0.1, 0.15) is 11.2 Å². The predicted molar refractivity (Wildman–Crippen MR) is 283 cm³/mol. The van der Waals surface area contributed by atoms with Crippen LogP contribution in [0.25, 0.3) is 64.7 Å². The van der Waals surface area contributed by atoms with Gasteiger partial charge in [0.2, 0.25) is 0 Å². The van der Waals surface area contributed by atoms with Gasteiger partial charge in [-0.1, -0.05) is 146 Å². The molecule has 12 aromatic rings. The molecule has 0 fully saturated rings. The van der Waals surface area contributed by atoms with Crippen LogP contribution in [0.2, 0.25) is 0 Å². The van der Waals surface area contributed by atoms with Crippen molar-refractivity contribution in [3.63, 3.8) is 0 Å². The summed E-state index contributed by atoms with van der Waals surface area (Å²) in [5.41, 5.74) is 22.5. The average Bonchev–Trinajstić information content (AvgIpc) is 4.20. The minimum absolute atomic E-state index is 0.603. The van der Waals surface area contributed by atoms with Crippen LogP contribution >= 0.6 is 11.3 Å². The Morgan fingerprint density at radius 2 is 1.00 bits per heavy atom. The summed E-state index contributed by atoms with van der Waals surface area (Å²) in [4.78, 5) is 6.25. The Bertz CT molecular complexity index is 4030. The van der Waals surface area contributed by atoms with Crippen LogP contribution in [0.3, 0.4) is 0 Å². The van der Waals surface area contributed by atoms with Gasteiger partial charge >= 0.3 is 0 Å². The Labute approximate surface area is 398 Å². The maximum atomic E-state index is 6.38. The molecular weight excluding hydrogens is 845 g/mol. The first-order valence-corrected chi connectivity index (χ1v) is 24.3. The summed E-state index contributed by atoms with van der Waals surface area (Å²) >= 11 is 1.92. The van der Waals surface area contributed by atoms with E-state index in [-0.39, 0.29) is 0 Å². The minimum Gasteiger partial charge on any atom is -0.456 e. The zero-order valence-electron chi connectivity index (χ0n) is 36.9. The molecule has 0 N–H and O–H groups in total. The quantitative estimate of drug-likeness (QED) is 0.166. The van der Waals surface area contributed by atoms with Crippen molar-refractivity contribution in [3.05, 3.63) is 264 Å². The summed E-state index contributed by atoms with van der Waals surface area (Å²) in [5, 5.41) is 3.52. The van der Waals surface area contributed by atoms with Crippen molar-refractivity contribution < 1.29 is 4.42 Å². The molecule has 15 rings (SSSR count). The molecule has 3 aliphatic rings. The van der Waals surface area contributed by atoms with E-state index >= 15 is 0 Å². The number of nitrogens with zero attached hydrogens (tertiary/aromatic N) is 2. The molecule has 4 heteroatoms. The largest absolute Gasteiger partial charge is 0.456 e. The van der Waals surface area contributed by atoms with Crippen LogP contribution in [-0.2, 0) is 11.8 Å². The van der Waals surface area contributed by atoms with Gasteiger partial charge in [0, 0.05) is 54.3 Å². The van der Waals surface area contributed by atoms with Gasteiger partial charge in [0.25, 0.3) is 0 Å². The Morgan fingerprint density at radius 3 is 1.87 bits per heavy atom. The first kappa shape index (κ1) is 37.7. The van der Waals surface area contributed by atoms with E-state index in [1.54, 1.807) is 0 Å². The Hall–Kier alpha value is -8.44. The zero-order valence-corrected chi connectivity index (χ0v) is 37.7. The van der Waals surface area contributed by atoms with Crippen molar-refractivity contribution in [2.24, 2.45) is 0 Å². The summed E-state index contributed by atoms with van der Waals surface area (Å²) < 4.78 is 7.67. The van der Waals surface area contributed by atoms with Crippen LogP contribution < -0.4 is 9.80 Å². The van der Waals surface area contributed by atoms with Gasteiger partial charge < -0.3 is 14.2 Å². The molecule has 68 heavy (non-hydrogen) atoms. The fourth-order valence-electron chi connectivity index (χ4n) is 12.1. The van der Waals surface area contributed by atoms with E-state index in [2.05, 4.69) is 234 Å². The van der Waals surface area contributed by atoms with Gasteiger partial charge in [-0.15, -0.1) is 11.3 Å². The second kappa shape index (κ2) is 14.3. The topological polar surface area (TPSA) is 19.6 Å². The SMILES string of the molecule is c1ccc(N(c2ccc3c(c2)-c2ccccc2C3)c2ccc3c(c2)C2(c4ccccc4-3)c3cccc(N(c4ccccc4)c4ccc5oc6ccccc6c5c4)c3-c3sc4ccccc4c32)cc1. The van der Waals surface area contributed by atoms with Crippen LogP contribution in [0.1, 0.15) is 33.4 Å². The average molecular weight is 885 g/mol. The van der Waals surface area contributed by atoms with Crippen LogP contribution in [0.4, 0.5) is 34.1 Å². The van der Waals surface area contributed by atoms with Crippen LogP contribution in [-0.4, -0.2) is 0 Å². The standard InChI is InChI=1S/C64H40N2OS/c1-3-17-42(18-4-1)65(44-31-30-41-36-40-16-7-8-21-47(40)52(41)37-44)46-32-34-49-48-22-9-12-25-54(48)64(56(49)39-46)55-26-15-27-57(61(55)63-62(64)51-24-11-14-29-60(51)68-63)66(43-19-5-2-6-20-43)45-33-35-59-53(38-45)50-23-10-13-28-58(50)67-59/h1-35,37-39H,36H2. The molecule has 0 saturated heterocycles. The zero-order chi connectivity index (χ0) is 44.5. The summed E-state index contributed by atoms with van der Waals surface area (Å²) in [6.07, 6.45) is 0.964. The highest BCUT2D eigenvalue weighted by Gasteiger charge is 2.54. The molecular formula is C64H40N2OS. The Kier molecular flexibility index (Phi) is 7.93. The summed E-state index contributed by atoms with van der Waals surface area (Å²) in [6.45, 7) is 0. The van der Waals surface area contributed by atoms with Crippen LogP contribution in [0, 0.1) is 0 Å². The summed E-state index contributed by atoms with van der Waals surface area (Å²) in [7, 11) is 0. The highest BCUT2D eigenvalue weighted by molar-refractivity contribution is 7.22. The molecule has 3 aliphatic carbocycles. The van der Waals surface area contributed by atoms with Crippen molar-refractivity contribution in [3.8, 4) is 32.7 Å². The van der Waals surface area contributed by atoms with Gasteiger partial charge in [-0.2, -0.15) is 0 Å². The van der Waals surface area contributed by atoms with Crippen molar-refractivity contribution in [1.82, 2.24) is 0 Å². The molecule has 0 saturated carbocycles. The van der Waals surface area contributed by atoms with Crippen LogP contribution in [0.15, 0.2) is 235 Å². The number of hydrogen-bond acceptors (Lipinski definition) is 4. The molecule has 2 heterocycles. The van der Waals surface area contributed by atoms with Crippen molar-refractivity contribution in [2.75, 3.05) is 9.80 Å². The first-order valence-electron chi connectivity index (χ1n) is 23.5. The second-order valence-electron chi connectivity index (χ2n) is 18.3. The van der Waals surface area contributed by atoms with E-state index < -0.39 is 5.41 Å². The van der Waals surface area contributed by atoms with Crippen LogP contribution in [0.5, 0.6) is 0 Å². The lowest BCUT2D eigenvalue weighted by molar-refractivity contribution is 0.669. The van der Waals surface area contributed by atoms with E-state index in [9.17, 15) is 0 Å². The smallest absolute Gasteiger partial charge is 0.135 e. The normalized spacial score (nSPS) is 14.8. The minimum atomic E-state index is -0.603. The third-order valence-corrected chi connectivity index (χ3v) is 16.0. The van der Waals surface area contributed by atoms with E-state index in [0.717, 1.165) is 62.5 Å². The third kappa shape index (κ3) is 5.18. The molecule has 1 spiro atoms. The first-order chi connectivity index (χ1) is 33.7. The molecule has 0 bridgehead atoms. The van der Waals surface area contributed by atoms with E-state index in [0.29, 0.717) is 0 Å². The van der Waals surface area contributed by atoms with Gasteiger partial charge in [-0.25, -0.2) is 0 Å². The molecule has 1 atom stereocenters. The fraction of sp³-hybridized carbons (Fsp3) is 0.0312. The third-order valence-electron chi connectivity index (χ3n) is 14.9. The predicted octanol–water partition coefficient (Wildman–Crippen LogP) is 17.7. The van der Waals surface area contributed by atoms with E-state index in [1.807, 2.05) is 17.4 Å². The fourth-order valence-corrected chi connectivity index (χ4v) is 13.4. The number of hydrogen-bond donors (Lipinski definition) is 0.